The average Bonchev–Trinajstić information content (AvgIpc) is 2.87. The van der Waals surface area contributed by atoms with Crippen molar-refractivity contribution < 1.29 is 17.9 Å². The van der Waals surface area contributed by atoms with E-state index in [2.05, 4.69) is 20.3 Å². The van der Waals surface area contributed by atoms with Gasteiger partial charge in [0, 0.05) is 0 Å². The van der Waals surface area contributed by atoms with Gasteiger partial charge in [-0.15, -0.1) is 10.2 Å². The van der Waals surface area contributed by atoms with Gasteiger partial charge in [-0.2, -0.15) is 8.78 Å². The van der Waals surface area contributed by atoms with E-state index < -0.39 is 6.61 Å². The number of hydrogen-bond donors (Lipinski definition) is 1. The maximum atomic E-state index is 12.3. The maximum absolute atomic E-state index is 12.3. The molecule has 19 heavy (non-hydrogen) atoms. The summed E-state index contributed by atoms with van der Waals surface area (Å²) in [4.78, 5) is 0. The summed E-state index contributed by atoms with van der Waals surface area (Å²) in [6.45, 7) is -1.06. The Morgan fingerprint density at radius 2 is 2.00 bits per heavy atom. The lowest BCUT2D eigenvalue weighted by atomic mass is 10.2. The van der Waals surface area contributed by atoms with Crippen LogP contribution in [0.15, 0.2) is 28.7 Å². The van der Waals surface area contributed by atoms with Crippen LogP contribution in [0.4, 0.5) is 8.78 Å². The van der Waals surface area contributed by atoms with E-state index in [4.69, 9.17) is 4.42 Å². The lowest BCUT2D eigenvalue weighted by Gasteiger charge is -2.07. The fourth-order valence-electron chi connectivity index (χ4n) is 1.48. The molecule has 0 aliphatic heterocycles. The standard InChI is InChI=1S/C12H13F2N3O2/c1-7(15-2)10-16-17-11(19-10)8-5-3-4-6-9(8)18-12(13)14/h3-7,12,15H,1-2H3. The second kappa shape index (κ2) is 5.75. The van der Waals surface area contributed by atoms with Crippen LogP contribution in [-0.4, -0.2) is 23.9 Å². The van der Waals surface area contributed by atoms with Crippen molar-refractivity contribution in [3.05, 3.63) is 30.2 Å². The van der Waals surface area contributed by atoms with Crippen molar-refractivity contribution in [1.29, 1.82) is 0 Å². The van der Waals surface area contributed by atoms with Crippen molar-refractivity contribution in [2.75, 3.05) is 7.05 Å². The van der Waals surface area contributed by atoms with Gasteiger partial charge in [-0.1, -0.05) is 12.1 Å². The molecule has 0 fully saturated rings. The summed E-state index contributed by atoms with van der Waals surface area (Å²) in [6.07, 6.45) is 0. The predicted molar refractivity (Wildman–Crippen MR) is 63.8 cm³/mol. The molecule has 1 atom stereocenters. The first-order valence-electron chi connectivity index (χ1n) is 5.66. The highest BCUT2D eigenvalue weighted by Crippen LogP contribution is 2.30. The Morgan fingerprint density at radius 1 is 1.26 bits per heavy atom. The number of nitrogens with zero attached hydrogens (tertiary/aromatic N) is 2. The second-order valence-corrected chi connectivity index (χ2v) is 3.83. The van der Waals surface area contributed by atoms with E-state index in [1.165, 1.54) is 6.07 Å². The number of halogens is 2. The van der Waals surface area contributed by atoms with Gasteiger partial charge >= 0.3 is 6.61 Å². The van der Waals surface area contributed by atoms with Crippen molar-refractivity contribution in [2.24, 2.45) is 0 Å². The Bertz CT molecular complexity index is 545. The topological polar surface area (TPSA) is 60.2 Å². The zero-order valence-electron chi connectivity index (χ0n) is 10.4. The highest BCUT2D eigenvalue weighted by Gasteiger charge is 2.17. The van der Waals surface area contributed by atoms with E-state index in [0.29, 0.717) is 11.5 Å². The molecule has 1 heterocycles. The largest absolute Gasteiger partial charge is 0.434 e. The number of benzene rings is 1. The van der Waals surface area contributed by atoms with Gasteiger partial charge in [-0.25, -0.2) is 0 Å². The Kier molecular flexibility index (Phi) is 4.06. The van der Waals surface area contributed by atoms with Gasteiger partial charge in [0.25, 0.3) is 5.89 Å². The van der Waals surface area contributed by atoms with Crippen LogP contribution in [0.1, 0.15) is 18.9 Å². The quantitative estimate of drug-likeness (QED) is 0.904. The van der Waals surface area contributed by atoms with Gasteiger partial charge < -0.3 is 14.5 Å². The number of rotatable bonds is 5. The molecule has 0 amide bonds. The van der Waals surface area contributed by atoms with Crippen LogP contribution in [0, 0.1) is 0 Å². The Balaban J connectivity index is 2.33. The third-order valence-corrected chi connectivity index (χ3v) is 2.58. The molecule has 2 rings (SSSR count). The normalized spacial score (nSPS) is 12.7. The SMILES string of the molecule is CNC(C)c1nnc(-c2ccccc2OC(F)F)o1. The number of aromatic nitrogens is 2. The molecule has 1 aromatic heterocycles. The summed E-state index contributed by atoms with van der Waals surface area (Å²) >= 11 is 0. The highest BCUT2D eigenvalue weighted by atomic mass is 19.3. The van der Waals surface area contributed by atoms with Crippen LogP contribution in [0.2, 0.25) is 0 Å². The molecule has 5 nitrogen and oxygen atoms in total. The van der Waals surface area contributed by atoms with Crippen molar-refractivity contribution >= 4 is 0 Å². The third kappa shape index (κ3) is 3.05. The lowest BCUT2D eigenvalue weighted by molar-refractivity contribution is -0.0495. The van der Waals surface area contributed by atoms with Crippen molar-refractivity contribution in [3.63, 3.8) is 0 Å². The number of ether oxygens (including phenoxy) is 1. The monoisotopic (exact) mass is 269 g/mol. The van der Waals surface area contributed by atoms with E-state index in [9.17, 15) is 8.78 Å². The second-order valence-electron chi connectivity index (χ2n) is 3.83. The third-order valence-electron chi connectivity index (χ3n) is 2.58. The molecule has 0 saturated heterocycles. The van der Waals surface area contributed by atoms with Crippen molar-refractivity contribution in [3.8, 4) is 17.2 Å². The van der Waals surface area contributed by atoms with Crippen LogP contribution < -0.4 is 10.1 Å². The van der Waals surface area contributed by atoms with Crippen LogP contribution in [0.5, 0.6) is 5.75 Å². The first kappa shape index (κ1) is 13.4. The molecule has 0 aliphatic carbocycles. The summed E-state index contributed by atoms with van der Waals surface area (Å²) in [5.41, 5.74) is 0.338. The predicted octanol–water partition coefficient (Wildman–Crippen LogP) is 2.62. The highest BCUT2D eigenvalue weighted by molar-refractivity contribution is 5.62. The minimum atomic E-state index is -2.90. The van der Waals surface area contributed by atoms with Gasteiger partial charge in [-0.05, 0) is 26.1 Å². The zero-order chi connectivity index (χ0) is 13.8. The molecule has 0 spiro atoms. The molecule has 2 aromatic rings. The number of para-hydroxylation sites is 1. The molecule has 1 unspecified atom stereocenters. The van der Waals surface area contributed by atoms with Crippen molar-refractivity contribution in [2.45, 2.75) is 19.6 Å². The molecule has 0 radical (unpaired) electrons. The Hall–Kier alpha value is -2.02. The van der Waals surface area contributed by atoms with E-state index in [1.54, 1.807) is 25.2 Å². The smallest absolute Gasteiger partial charge is 0.387 e. The molecule has 0 aliphatic rings. The van der Waals surface area contributed by atoms with Gasteiger partial charge in [0.15, 0.2) is 0 Å². The molecule has 7 heteroatoms. The van der Waals surface area contributed by atoms with E-state index in [0.717, 1.165) is 0 Å². The summed E-state index contributed by atoms with van der Waals surface area (Å²) < 4.78 is 34.5. The maximum Gasteiger partial charge on any atom is 0.387 e. The first-order chi connectivity index (χ1) is 9.11. The number of alkyl halides is 2. The molecule has 102 valence electrons. The van der Waals surface area contributed by atoms with Crippen LogP contribution >= 0.6 is 0 Å². The molecule has 0 saturated carbocycles. The molecule has 1 aromatic carbocycles. The van der Waals surface area contributed by atoms with Crippen LogP contribution in [0.25, 0.3) is 11.5 Å². The van der Waals surface area contributed by atoms with Gasteiger partial charge in [0.1, 0.15) is 5.75 Å². The lowest BCUT2D eigenvalue weighted by Crippen LogP contribution is -2.12. The number of hydrogen-bond acceptors (Lipinski definition) is 5. The van der Waals surface area contributed by atoms with Gasteiger partial charge in [0.2, 0.25) is 5.89 Å². The van der Waals surface area contributed by atoms with Crippen LogP contribution in [-0.2, 0) is 0 Å². The van der Waals surface area contributed by atoms with Gasteiger partial charge in [-0.3, -0.25) is 0 Å². The molecule has 0 bridgehead atoms. The summed E-state index contributed by atoms with van der Waals surface area (Å²) in [5.74, 6) is 0.530. The van der Waals surface area contributed by atoms with Gasteiger partial charge in [0.05, 0.1) is 11.6 Å². The van der Waals surface area contributed by atoms with E-state index >= 15 is 0 Å². The van der Waals surface area contributed by atoms with E-state index in [1.807, 2.05) is 6.92 Å². The molecular weight excluding hydrogens is 256 g/mol. The molecular formula is C12H13F2N3O2. The summed E-state index contributed by atoms with van der Waals surface area (Å²) in [7, 11) is 1.75. The summed E-state index contributed by atoms with van der Waals surface area (Å²) in [5, 5.41) is 10.6. The van der Waals surface area contributed by atoms with Crippen LogP contribution in [0.3, 0.4) is 0 Å². The van der Waals surface area contributed by atoms with Crippen molar-refractivity contribution in [1.82, 2.24) is 15.5 Å². The number of nitrogens with one attached hydrogen (secondary N) is 1. The average molecular weight is 269 g/mol. The first-order valence-corrected chi connectivity index (χ1v) is 5.66. The zero-order valence-corrected chi connectivity index (χ0v) is 10.4. The summed E-state index contributed by atoms with van der Waals surface area (Å²) in [6, 6.07) is 6.16. The Labute approximate surface area is 108 Å². The Morgan fingerprint density at radius 3 is 2.68 bits per heavy atom. The fraction of sp³-hybridized carbons (Fsp3) is 0.333. The minimum Gasteiger partial charge on any atom is -0.434 e. The fourth-order valence-corrected chi connectivity index (χ4v) is 1.48. The molecule has 1 N–H and O–H groups in total. The van der Waals surface area contributed by atoms with E-state index in [-0.39, 0.29) is 17.7 Å². The minimum absolute atomic E-state index is 0.00445.